The molecule has 0 bridgehead atoms. The first-order valence-electron chi connectivity index (χ1n) is 8.33. The third kappa shape index (κ3) is 4.66. The number of nitrogens with two attached hydrogens (primary N) is 1. The molecule has 2 N–H and O–H groups in total. The van der Waals surface area contributed by atoms with Gasteiger partial charge in [-0.25, -0.2) is 8.42 Å². The summed E-state index contributed by atoms with van der Waals surface area (Å²) in [6.07, 6.45) is 2.04. The number of rotatable bonds is 6. The van der Waals surface area contributed by atoms with E-state index in [0.29, 0.717) is 37.4 Å². The molecule has 0 unspecified atom stereocenters. The van der Waals surface area contributed by atoms with Crippen molar-refractivity contribution in [1.29, 1.82) is 0 Å². The van der Waals surface area contributed by atoms with Crippen LogP contribution in [0.4, 0.5) is 5.69 Å². The summed E-state index contributed by atoms with van der Waals surface area (Å²) in [5.74, 6) is -0.538. The van der Waals surface area contributed by atoms with Gasteiger partial charge in [0, 0.05) is 19.0 Å². The molecule has 0 atom stereocenters. The van der Waals surface area contributed by atoms with Crippen LogP contribution in [0.5, 0.6) is 5.75 Å². The van der Waals surface area contributed by atoms with Gasteiger partial charge in [-0.1, -0.05) is 6.07 Å². The normalized spacial score (nSPS) is 15.6. The van der Waals surface area contributed by atoms with E-state index in [4.69, 9.17) is 10.5 Å². The van der Waals surface area contributed by atoms with Gasteiger partial charge < -0.3 is 15.4 Å². The third-order valence-corrected chi connectivity index (χ3v) is 5.66. The molecule has 0 aromatic heterocycles. The summed E-state index contributed by atoms with van der Waals surface area (Å²) in [6.45, 7) is 2.28. The number of benzene rings is 1. The van der Waals surface area contributed by atoms with Crippen molar-refractivity contribution >= 4 is 27.5 Å². The molecule has 2 amide bonds. The number of amides is 2. The number of piperidine rings is 1. The number of sulfonamides is 1. The summed E-state index contributed by atoms with van der Waals surface area (Å²) in [4.78, 5) is 25.5. The molecule has 1 fully saturated rings. The highest BCUT2D eigenvalue weighted by Gasteiger charge is 2.30. The smallest absolute Gasteiger partial charge is 0.243 e. The molecule has 1 aromatic rings. The fourth-order valence-corrected chi connectivity index (χ4v) is 3.86. The second-order valence-electron chi connectivity index (χ2n) is 6.50. The van der Waals surface area contributed by atoms with E-state index in [9.17, 15) is 18.0 Å². The Labute approximate surface area is 153 Å². The predicted octanol–water partition coefficient (Wildman–Crippen LogP) is 0.494. The lowest BCUT2D eigenvalue weighted by molar-refractivity contribution is -0.133. The number of likely N-dealkylation sites (tertiary alicyclic amines) is 1. The van der Waals surface area contributed by atoms with Gasteiger partial charge in [0.1, 0.15) is 12.3 Å². The molecule has 8 nitrogen and oxygen atoms in total. The Bertz CT molecular complexity index is 786. The van der Waals surface area contributed by atoms with Crippen molar-refractivity contribution in [3.8, 4) is 5.75 Å². The van der Waals surface area contributed by atoms with Crippen LogP contribution in [0.2, 0.25) is 0 Å². The molecule has 1 aromatic carbocycles. The molecule has 1 aliphatic heterocycles. The van der Waals surface area contributed by atoms with Crippen molar-refractivity contribution in [3.05, 3.63) is 23.8 Å². The van der Waals surface area contributed by atoms with Crippen molar-refractivity contribution in [2.24, 2.45) is 11.7 Å². The SMILES string of the molecule is COc1ccc(C)cc1N(CC(=O)N1CCC(C(N)=O)CC1)S(C)(=O)=O. The molecule has 26 heavy (non-hydrogen) atoms. The summed E-state index contributed by atoms with van der Waals surface area (Å²) in [6, 6.07) is 5.15. The van der Waals surface area contributed by atoms with Gasteiger partial charge in [-0.2, -0.15) is 0 Å². The number of anilines is 1. The number of aryl methyl sites for hydroxylation is 1. The zero-order chi connectivity index (χ0) is 19.5. The summed E-state index contributed by atoms with van der Waals surface area (Å²) < 4.78 is 30.9. The minimum Gasteiger partial charge on any atom is -0.495 e. The molecular formula is C17H25N3O5S. The number of primary amides is 1. The predicted molar refractivity (Wildman–Crippen MR) is 98.4 cm³/mol. The minimum atomic E-state index is -3.69. The number of methoxy groups -OCH3 is 1. The Morgan fingerprint density at radius 1 is 1.31 bits per heavy atom. The first kappa shape index (κ1) is 20.0. The second kappa shape index (κ2) is 7.94. The first-order chi connectivity index (χ1) is 12.1. The zero-order valence-electron chi connectivity index (χ0n) is 15.3. The largest absolute Gasteiger partial charge is 0.495 e. The maximum Gasteiger partial charge on any atom is 0.243 e. The van der Waals surface area contributed by atoms with Crippen LogP contribution in [0.3, 0.4) is 0 Å². The fourth-order valence-electron chi connectivity index (χ4n) is 3.01. The molecule has 1 saturated heterocycles. The van der Waals surface area contributed by atoms with Crippen LogP contribution in [0.1, 0.15) is 18.4 Å². The Morgan fingerprint density at radius 3 is 2.42 bits per heavy atom. The highest BCUT2D eigenvalue weighted by molar-refractivity contribution is 7.92. The van der Waals surface area contributed by atoms with Crippen molar-refractivity contribution in [3.63, 3.8) is 0 Å². The van der Waals surface area contributed by atoms with Gasteiger partial charge >= 0.3 is 0 Å². The molecule has 2 rings (SSSR count). The standard InChI is InChI=1S/C17H25N3O5S/c1-12-4-5-15(25-2)14(10-12)20(26(3,23)24)11-16(21)19-8-6-13(7-9-19)17(18)22/h4-5,10,13H,6-9,11H2,1-3H3,(H2,18,22). The van der Waals surface area contributed by atoms with Crippen LogP contribution in [0.15, 0.2) is 18.2 Å². The Kier molecular flexibility index (Phi) is 6.12. The number of nitrogens with zero attached hydrogens (tertiary/aromatic N) is 2. The molecular weight excluding hydrogens is 358 g/mol. The highest BCUT2D eigenvalue weighted by atomic mass is 32.2. The highest BCUT2D eigenvalue weighted by Crippen LogP contribution is 2.31. The van der Waals surface area contributed by atoms with E-state index in [2.05, 4.69) is 0 Å². The monoisotopic (exact) mass is 383 g/mol. The summed E-state index contributed by atoms with van der Waals surface area (Å²) in [5, 5.41) is 0. The lowest BCUT2D eigenvalue weighted by atomic mass is 9.96. The summed E-state index contributed by atoms with van der Waals surface area (Å²) >= 11 is 0. The van der Waals surface area contributed by atoms with E-state index in [1.807, 2.05) is 6.92 Å². The second-order valence-corrected chi connectivity index (χ2v) is 8.41. The van der Waals surface area contributed by atoms with E-state index >= 15 is 0 Å². The Morgan fingerprint density at radius 2 is 1.92 bits per heavy atom. The number of hydrogen-bond donors (Lipinski definition) is 1. The molecule has 1 aliphatic rings. The summed E-state index contributed by atoms with van der Waals surface area (Å²) in [5.41, 5.74) is 6.48. The summed E-state index contributed by atoms with van der Waals surface area (Å²) in [7, 11) is -2.24. The van der Waals surface area contributed by atoms with Gasteiger partial charge in [-0.3, -0.25) is 13.9 Å². The van der Waals surface area contributed by atoms with E-state index in [-0.39, 0.29) is 24.3 Å². The maximum atomic E-state index is 12.7. The van der Waals surface area contributed by atoms with Crippen molar-refractivity contribution in [1.82, 2.24) is 4.90 Å². The number of hydrogen-bond acceptors (Lipinski definition) is 5. The van der Waals surface area contributed by atoms with Crippen LogP contribution in [-0.2, 0) is 19.6 Å². The van der Waals surface area contributed by atoms with Crippen LogP contribution >= 0.6 is 0 Å². The van der Waals surface area contributed by atoms with Gasteiger partial charge in [0.25, 0.3) is 0 Å². The molecule has 144 valence electrons. The number of carbonyl (C=O) groups excluding carboxylic acids is 2. The van der Waals surface area contributed by atoms with Crippen LogP contribution in [-0.4, -0.2) is 58.1 Å². The Balaban J connectivity index is 2.21. The lowest BCUT2D eigenvalue weighted by Crippen LogP contribution is -2.47. The molecule has 9 heteroatoms. The van der Waals surface area contributed by atoms with Crippen LogP contribution in [0.25, 0.3) is 0 Å². The zero-order valence-corrected chi connectivity index (χ0v) is 16.1. The van der Waals surface area contributed by atoms with E-state index in [1.54, 1.807) is 23.1 Å². The maximum absolute atomic E-state index is 12.7. The minimum absolute atomic E-state index is 0.234. The number of ether oxygens (including phenoxy) is 1. The van der Waals surface area contributed by atoms with Gasteiger partial charge in [-0.15, -0.1) is 0 Å². The van der Waals surface area contributed by atoms with Crippen molar-refractivity contribution in [2.45, 2.75) is 19.8 Å². The van der Waals surface area contributed by atoms with Crippen molar-refractivity contribution < 1.29 is 22.7 Å². The van der Waals surface area contributed by atoms with Gasteiger partial charge in [-0.05, 0) is 37.5 Å². The van der Waals surface area contributed by atoms with Gasteiger partial charge in [0.2, 0.25) is 21.8 Å². The lowest BCUT2D eigenvalue weighted by Gasteiger charge is -2.32. The van der Waals surface area contributed by atoms with Gasteiger partial charge in [0.05, 0.1) is 19.1 Å². The Hall–Kier alpha value is -2.29. The van der Waals surface area contributed by atoms with Crippen molar-refractivity contribution in [2.75, 3.05) is 37.3 Å². The topological polar surface area (TPSA) is 110 Å². The molecule has 0 aliphatic carbocycles. The average molecular weight is 383 g/mol. The van der Waals surface area contributed by atoms with Crippen LogP contribution < -0.4 is 14.8 Å². The fraction of sp³-hybridized carbons (Fsp3) is 0.529. The molecule has 0 spiro atoms. The quantitative estimate of drug-likeness (QED) is 0.769. The van der Waals surface area contributed by atoms with E-state index in [1.165, 1.54) is 7.11 Å². The molecule has 0 saturated carbocycles. The van der Waals surface area contributed by atoms with E-state index < -0.39 is 10.0 Å². The molecule has 1 heterocycles. The average Bonchev–Trinajstić information content (AvgIpc) is 2.58. The van der Waals surface area contributed by atoms with Crippen LogP contribution in [0, 0.1) is 12.8 Å². The first-order valence-corrected chi connectivity index (χ1v) is 10.2. The third-order valence-electron chi connectivity index (χ3n) is 4.53. The molecule has 0 radical (unpaired) electrons. The number of carbonyl (C=O) groups is 2. The van der Waals surface area contributed by atoms with Gasteiger partial charge in [0.15, 0.2) is 0 Å². The van der Waals surface area contributed by atoms with E-state index in [0.717, 1.165) is 16.1 Å².